The van der Waals surface area contributed by atoms with Gasteiger partial charge in [0, 0.05) is 32.5 Å². The van der Waals surface area contributed by atoms with E-state index in [1.807, 2.05) is 62.4 Å². The zero-order valence-electron chi connectivity index (χ0n) is 16.4. The monoisotopic (exact) mass is 431 g/mol. The van der Waals surface area contributed by atoms with Gasteiger partial charge in [0.25, 0.3) is 0 Å². The van der Waals surface area contributed by atoms with Gasteiger partial charge in [0.05, 0.1) is 10.8 Å². The summed E-state index contributed by atoms with van der Waals surface area (Å²) in [5, 5.41) is 12.3. The second-order valence-electron chi connectivity index (χ2n) is 6.46. The van der Waals surface area contributed by atoms with Crippen molar-refractivity contribution in [3.8, 4) is 5.75 Å². The van der Waals surface area contributed by atoms with Gasteiger partial charge in [-0.2, -0.15) is 0 Å². The molecule has 29 heavy (non-hydrogen) atoms. The van der Waals surface area contributed by atoms with Crippen molar-refractivity contribution in [1.82, 2.24) is 14.8 Å². The lowest BCUT2D eigenvalue weighted by Gasteiger charge is -2.13. The van der Waals surface area contributed by atoms with E-state index in [4.69, 9.17) is 16.3 Å². The van der Waals surface area contributed by atoms with E-state index in [1.54, 1.807) is 16.7 Å². The number of para-hydroxylation sites is 1. The summed E-state index contributed by atoms with van der Waals surface area (Å²) in [7, 11) is 5.78. The molecule has 0 saturated heterocycles. The van der Waals surface area contributed by atoms with Gasteiger partial charge >= 0.3 is 0 Å². The lowest BCUT2D eigenvalue weighted by molar-refractivity contribution is -0.113. The standard InChI is InChI=1S/C20H22ClN5O2S/c1-25(2)15-10-8-14(9-11-15)22-19(27)13-29-20-24-23-18(26(20)3)12-28-17-7-5-4-6-16(17)21/h4-11H,12-13H2,1-3H3,(H,22,27). The minimum Gasteiger partial charge on any atom is -0.484 e. The maximum Gasteiger partial charge on any atom is 0.234 e. The first-order valence-corrected chi connectivity index (χ1v) is 10.3. The molecule has 0 aliphatic heterocycles. The van der Waals surface area contributed by atoms with Crippen LogP contribution in [0.1, 0.15) is 5.82 Å². The third-order valence-corrected chi connectivity index (χ3v) is 5.45. The Kier molecular flexibility index (Phi) is 7.00. The fraction of sp³-hybridized carbons (Fsp3) is 0.250. The van der Waals surface area contributed by atoms with E-state index in [2.05, 4.69) is 15.5 Å². The number of thioether (sulfide) groups is 1. The van der Waals surface area contributed by atoms with Gasteiger partial charge in [-0.3, -0.25) is 4.79 Å². The Morgan fingerprint density at radius 3 is 2.59 bits per heavy atom. The van der Waals surface area contributed by atoms with Gasteiger partial charge in [-0.25, -0.2) is 0 Å². The number of amides is 1. The van der Waals surface area contributed by atoms with Crippen LogP contribution in [0.2, 0.25) is 5.02 Å². The van der Waals surface area contributed by atoms with Gasteiger partial charge < -0.3 is 19.5 Å². The average molecular weight is 432 g/mol. The molecule has 0 spiro atoms. The number of carbonyl (C=O) groups is 1. The van der Waals surface area contributed by atoms with Gasteiger partial charge in [-0.05, 0) is 36.4 Å². The lowest BCUT2D eigenvalue weighted by Crippen LogP contribution is -2.15. The number of nitrogens with zero attached hydrogens (tertiary/aromatic N) is 4. The van der Waals surface area contributed by atoms with Crippen LogP contribution in [-0.2, 0) is 18.4 Å². The maximum absolute atomic E-state index is 12.2. The van der Waals surface area contributed by atoms with Crippen LogP contribution in [0, 0.1) is 0 Å². The van der Waals surface area contributed by atoms with Crippen molar-refractivity contribution in [2.45, 2.75) is 11.8 Å². The first kappa shape index (κ1) is 21.0. The van der Waals surface area contributed by atoms with Crippen molar-refractivity contribution >= 4 is 40.6 Å². The van der Waals surface area contributed by atoms with Crippen LogP contribution in [0.4, 0.5) is 11.4 Å². The zero-order chi connectivity index (χ0) is 20.8. The summed E-state index contributed by atoms with van der Waals surface area (Å²) in [5.41, 5.74) is 1.83. The molecule has 0 saturated carbocycles. The predicted molar refractivity (Wildman–Crippen MR) is 117 cm³/mol. The van der Waals surface area contributed by atoms with Gasteiger partial charge in [0.2, 0.25) is 5.91 Å². The quantitative estimate of drug-likeness (QED) is 0.546. The molecule has 0 bridgehead atoms. The summed E-state index contributed by atoms with van der Waals surface area (Å²) >= 11 is 7.41. The Labute approximate surface area is 179 Å². The van der Waals surface area contributed by atoms with Gasteiger partial charge in [-0.15, -0.1) is 10.2 Å². The third kappa shape index (κ3) is 5.65. The molecule has 0 radical (unpaired) electrons. The number of benzene rings is 2. The molecule has 0 aliphatic rings. The molecule has 0 unspecified atom stereocenters. The van der Waals surface area contributed by atoms with Gasteiger partial charge in [-0.1, -0.05) is 35.5 Å². The molecular weight excluding hydrogens is 410 g/mol. The number of carbonyl (C=O) groups excluding carboxylic acids is 1. The number of halogens is 1. The van der Waals surface area contributed by atoms with Crippen LogP contribution in [0.3, 0.4) is 0 Å². The van der Waals surface area contributed by atoms with Crippen molar-refractivity contribution in [2.75, 3.05) is 30.1 Å². The first-order valence-electron chi connectivity index (χ1n) is 8.89. The number of ether oxygens (including phenoxy) is 1. The van der Waals surface area contributed by atoms with Gasteiger partial charge in [0.15, 0.2) is 11.0 Å². The van der Waals surface area contributed by atoms with E-state index in [1.165, 1.54) is 11.8 Å². The molecule has 1 aromatic heterocycles. The largest absolute Gasteiger partial charge is 0.484 e. The highest BCUT2D eigenvalue weighted by Crippen LogP contribution is 2.24. The van der Waals surface area contributed by atoms with E-state index in [-0.39, 0.29) is 18.3 Å². The fourth-order valence-electron chi connectivity index (χ4n) is 2.47. The molecular formula is C20H22ClN5O2S. The van der Waals surface area contributed by atoms with E-state index in [0.29, 0.717) is 21.8 Å². The van der Waals surface area contributed by atoms with E-state index >= 15 is 0 Å². The minimum atomic E-state index is -0.107. The molecule has 0 atom stereocenters. The Morgan fingerprint density at radius 1 is 1.17 bits per heavy atom. The molecule has 152 valence electrons. The average Bonchev–Trinajstić information content (AvgIpc) is 3.06. The number of aromatic nitrogens is 3. The Morgan fingerprint density at radius 2 is 1.90 bits per heavy atom. The summed E-state index contributed by atoms with van der Waals surface area (Å²) in [5.74, 6) is 1.36. The van der Waals surface area contributed by atoms with Crippen LogP contribution in [0.15, 0.2) is 53.7 Å². The number of hydrogen-bond donors (Lipinski definition) is 1. The minimum absolute atomic E-state index is 0.107. The summed E-state index contributed by atoms with van der Waals surface area (Å²) in [4.78, 5) is 14.2. The molecule has 9 heteroatoms. The molecule has 3 rings (SSSR count). The van der Waals surface area contributed by atoms with Crippen molar-refractivity contribution in [1.29, 1.82) is 0 Å². The van der Waals surface area contributed by atoms with E-state index in [9.17, 15) is 4.79 Å². The Balaban J connectivity index is 1.51. The summed E-state index contributed by atoms with van der Waals surface area (Å²) < 4.78 is 7.51. The van der Waals surface area contributed by atoms with Crippen LogP contribution in [0.25, 0.3) is 0 Å². The SMILES string of the molecule is CN(C)c1ccc(NC(=O)CSc2nnc(COc3ccccc3Cl)n2C)cc1. The second-order valence-corrected chi connectivity index (χ2v) is 7.80. The molecule has 0 aliphatic carbocycles. The van der Waals surface area contributed by atoms with E-state index < -0.39 is 0 Å². The molecule has 0 fully saturated rings. The van der Waals surface area contributed by atoms with Crippen molar-refractivity contribution in [3.63, 3.8) is 0 Å². The van der Waals surface area contributed by atoms with Crippen molar-refractivity contribution < 1.29 is 9.53 Å². The van der Waals surface area contributed by atoms with Crippen molar-refractivity contribution in [3.05, 3.63) is 59.4 Å². The first-order chi connectivity index (χ1) is 13.9. The fourth-order valence-corrected chi connectivity index (χ4v) is 3.39. The van der Waals surface area contributed by atoms with Crippen LogP contribution in [0.5, 0.6) is 5.75 Å². The summed E-state index contributed by atoms with van der Waals surface area (Å²) in [6.45, 7) is 0.234. The second kappa shape index (κ2) is 9.67. The summed E-state index contributed by atoms with van der Waals surface area (Å²) in [6, 6.07) is 14.9. The highest BCUT2D eigenvalue weighted by Gasteiger charge is 2.13. The number of nitrogens with one attached hydrogen (secondary N) is 1. The maximum atomic E-state index is 12.2. The topological polar surface area (TPSA) is 72.3 Å². The predicted octanol–water partition coefficient (Wildman–Crippen LogP) is 3.84. The molecule has 2 aromatic carbocycles. The van der Waals surface area contributed by atoms with Crippen LogP contribution >= 0.6 is 23.4 Å². The summed E-state index contributed by atoms with van der Waals surface area (Å²) in [6.07, 6.45) is 0. The lowest BCUT2D eigenvalue weighted by atomic mass is 10.2. The smallest absolute Gasteiger partial charge is 0.234 e. The van der Waals surface area contributed by atoms with Gasteiger partial charge in [0.1, 0.15) is 12.4 Å². The molecule has 1 heterocycles. The molecule has 1 amide bonds. The molecule has 7 nitrogen and oxygen atoms in total. The molecule has 3 aromatic rings. The Bertz CT molecular complexity index is 975. The number of anilines is 2. The highest BCUT2D eigenvalue weighted by molar-refractivity contribution is 7.99. The molecule has 1 N–H and O–H groups in total. The van der Waals surface area contributed by atoms with E-state index in [0.717, 1.165) is 11.4 Å². The third-order valence-electron chi connectivity index (χ3n) is 4.12. The number of hydrogen-bond acceptors (Lipinski definition) is 6. The zero-order valence-corrected chi connectivity index (χ0v) is 18.0. The van der Waals surface area contributed by atoms with Crippen molar-refractivity contribution in [2.24, 2.45) is 7.05 Å². The van der Waals surface area contributed by atoms with Crippen LogP contribution < -0.4 is 15.0 Å². The number of rotatable bonds is 8. The van der Waals surface area contributed by atoms with Crippen LogP contribution in [-0.4, -0.2) is 40.5 Å². The highest BCUT2D eigenvalue weighted by atomic mass is 35.5. The normalized spacial score (nSPS) is 10.6. The Hall–Kier alpha value is -2.71.